The van der Waals surface area contributed by atoms with E-state index in [9.17, 15) is 4.79 Å². The Hall–Kier alpha value is -2.07. The smallest absolute Gasteiger partial charge is 0.252 e. The molecule has 2 aromatic rings. The fourth-order valence-corrected chi connectivity index (χ4v) is 3.28. The lowest BCUT2D eigenvalue weighted by Crippen LogP contribution is -2.26. The monoisotopic (exact) mass is 343 g/mol. The molecule has 1 amide bonds. The summed E-state index contributed by atoms with van der Waals surface area (Å²) >= 11 is 5.97. The minimum atomic E-state index is -0.0976. The number of carbonyl (C=O) groups is 1. The van der Waals surface area contributed by atoms with Gasteiger partial charge in [-0.1, -0.05) is 36.6 Å². The third kappa shape index (κ3) is 4.71. The summed E-state index contributed by atoms with van der Waals surface area (Å²) in [6.07, 6.45) is 9.06. The molecule has 0 spiro atoms. The molecule has 4 nitrogen and oxygen atoms in total. The van der Waals surface area contributed by atoms with Crippen molar-refractivity contribution in [3.05, 3.63) is 58.9 Å². The van der Waals surface area contributed by atoms with Crippen molar-refractivity contribution in [2.24, 2.45) is 0 Å². The molecule has 126 valence electrons. The van der Waals surface area contributed by atoms with E-state index in [1.807, 2.05) is 30.3 Å². The maximum atomic E-state index is 12.3. The van der Waals surface area contributed by atoms with Crippen LogP contribution in [0.5, 0.6) is 0 Å². The molecule has 0 atom stereocenters. The zero-order chi connectivity index (χ0) is 16.8. The lowest BCUT2D eigenvalue weighted by Gasteiger charge is -2.13. The van der Waals surface area contributed by atoms with E-state index < -0.39 is 0 Å². The average molecular weight is 344 g/mol. The molecule has 1 aromatic heterocycles. The van der Waals surface area contributed by atoms with Gasteiger partial charge in [-0.05, 0) is 43.0 Å². The lowest BCUT2D eigenvalue weighted by molar-refractivity contribution is 0.0954. The molecular formula is C19H22ClN3O. The van der Waals surface area contributed by atoms with Crippen molar-refractivity contribution in [2.75, 3.05) is 11.9 Å². The third-order valence-electron chi connectivity index (χ3n) is 4.31. The maximum absolute atomic E-state index is 12.3. The second-order valence-corrected chi connectivity index (χ2v) is 6.66. The molecule has 24 heavy (non-hydrogen) atoms. The number of anilines is 1. The summed E-state index contributed by atoms with van der Waals surface area (Å²) in [4.78, 5) is 16.5. The van der Waals surface area contributed by atoms with Gasteiger partial charge in [-0.15, -0.1) is 0 Å². The number of aromatic nitrogens is 1. The highest BCUT2D eigenvalue weighted by molar-refractivity contribution is 6.30. The Morgan fingerprint density at radius 3 is 2.83 bits per heavy atom. The van der Waals surface area contributed by atoms with Gasteiger partial charge in [-0.3, -0.25) is 9.78 Å². The maximum Gasteiger partial charge on any atom is 0.252 e. The Kier molecular flexibility index (Phi) is 5.70. The zero-order valence-corrected chi connectivity index (χ0v) is 14.4. The summed E-state index contributed by atoms with van der Waals surface area (Å²) in [5, 5.41) is 7.12. The Morgan fingerprint density at radius 1 is 1.21 bits per heavy atom. The average Bonchev–Trinajstić information content (AvgIpc) is 3.08. The summed E-state index contributed by atoms with van der Waals surface area (Å²) < 4.78 is 0. The van der Waals surface area contributed by atoms with Gasteiger partial charge in [0.25, 0.3) is 5.91 Å². The molecule has 3 rings (SSSR count). The second kappa shape index (κ2) is 8.15. The number of amides is 1. The van der Waals surface area contributed by atoms with Crippen molar-refractivity contribution < 1.29 is 4.79 Å². The number of rotatable bonds is 6. The quantitative estimate of drug-likeness (QED) is 0.831. The third-order valence-corrected chi connectivity index (χ3v) is 4.55. The van der Waals surface area contributed by atoms with Crippen LogP contribution in [0, 0.1) is 0 Å². The normalized spacial score (nSPS) is 14.5. The molecule has 1 heterocycles. The molecule has 1 saturated carbocycles. The van der Waals surface area contributed by atoms with Crippen molar-refractivity contribution in [2.45, 2.75) is 38.1 Å². The van der Waals surface area contributed by atoms with E-state index in [-0.39, 0.29) is 5.91 Å². The SMILES string of the molecule is O=C(NCCc1cccc(Cl)c1)c1cncc(NC2CCCC2)c1. The van der Waals surface area contributed by atoms with Gasteiger partial charge in [0, 0.05) is 30.0 Å². The van der Waals surface area contributed by atoms with Gasteiger partial charge in [0.05, 0.1) is 11.3 Å². The van der Waals surface area contributed by atoms with Crippen molar-refractivity contribution in [3.8, 4) is 0 Å². The first-order valence-corrected chi connectivity index (χ1v) is 8.83. The fourth-order valence-electron chi connectivity index (χ4n) is 3.06. The predicted octanol–water partition coefficient (Wildman–Crippen LogP) is 4.06. The van der Waals surface area contributed by atoms with Gasteiger partial charge in [0.2, 0.25) is 0 Å². The minimum Gasteiger partial charge on any atom is -0.381 e. The summed E-state index contributed by atoms with van der Waals surface area (Å²) in [5.74, 6) is -0.0976. The fraction of sp³-hybridized carbons (Fsp3) is 0.368. The molecular weight excluding hydrogens is 322 g/mol. The number of nitrogens with zero attached hydrogens (tertiary/aromatic N) is 1. The molecule has 0 saturated heterocycles. The molecule has 1 aromatic carbocycles. The van der Waals surface area contributed by atoms with Gasteiger partial charge < -0.3 is 10.6 Å². The first-order valence-electron chi connectivity index (χ1n) is 8.45. The highest BCUT2D eigenvalue weighted by Gasteiger charge is 2.15. The van der Waals surface area contributed by atoms with E-state index in [1.54, 1.807) is 12.4 Å². The van der Waals surface area contributed by atoms with Crippen molar-refractivity contribution in [1.29, 1.82) is 0 Å². The summed E-state index contributed by atoms with van der Waals surface area (Å²) in [5.41, 5.74) is 2.62. The van der Waals surface area contributed by atoms with E-state index in [2.05, 4.69) is 15.6 Å². The number of halogens is 1. The zero-order valence-electron chi connectivity index (χ0n) is 13.6. The van der Waals surface area contributed by atoms with Crippen LogP contribution >= 0.6 is 11.6 Å². The topological polar surface area (TPSA) is 54.0 Å². The Balaban J connectivity index is 1.52. The highest BCUT2D eigenvalue weighted by Crippen LogP contribution is 2.22. The van der Waals surface area contributed by atoms with Crippen LogP contribution in [-0.4, -0.2) is 23.5 Å². The number of benzene rings is 1. The molecule has 1 aliphatic carbocycles. The number of hydrogen-bond donors (Lipinski definition) is 2. The molecule has 0 bridgehead atoms. The van der Waals surface area contributed by atoms with Gasteiger partial charge in [0.1, 0.15) is 0 Å². The van der Waals surface area contributed by atoms with Crippen molar-refractivity contribution in [1.82, 2.24) is 10.3 Å². The number of carbonyl (C=O) groups excluding carboxylic acids is 1. The molecule has 0 aliphatic heterocycles. The molecule has 5 heteroatoms. The first kappa shape index (κ1) is 16.8. The first-order chi connectivity index (χ1) is 11.7. The van der Waals surface area contributed by atoms with Crippen LogP contribution in [0.4, 0.5) is 5.69 Å². The summed E-state index contributed by atoms with van der Waals surface area (Å²) in [6, 6.07) is 10.1. The van der Waals surface area contributed by atoms with Crippen molar-refractivity contribution in [3.63, 3.8) is 0 Å². The minimum absolute atomic E-state index is 0.0976. The number of hydrogen-bond acceptors (Lipinski definition) is 3. The van der Waals surface area contributed by atoms with E-state index in [0.29, 0.717) is 23.2 Å². The number of pyridine rings is 1. The van der Waals surface area contributed by atoms with E-state index >= 15 is 0 Å². The van der Waals surface area contributed by atoms with Crippen LogP contribution in [0.2, 0.25) is 5.02 Å². The molecule has 1 fully saturated rings. The van der Waals surface area contributed by atoms with Gasteiger partial charge in [-0.2, -0.15) is 0 Å². The van der Waals surface area contributed by atoms with Gasteiger partial charge in [0.15, 0.2) is 0 Å². The van der Waals surface area contributed by atoms with Crippen LogP contribution in [0.3, 0.4) is 0 Å². The standard InChI is InChI=1S/C19H22ClN3O/c20-16-5-3-4-14(10-16)8-9-22-19(24)15-11-18(13-21-12-15)23-17-6-1-2-7-17/h3-5,10-13,17,23H,1-2,6-9H2,(H,22,24). The molecule has 0 radical (unpaired) electrons. The Morgan fingerprint density at radius 2 is 2.04 bits per heavy atom. The van der Waals surface area contributed by atoms with Crippen LogP contribution < -0.4 is 10.6 Å². The van der Waals surface area contributed by atoms with Gasteiger partial charge in [-0.25, -0.2) is 0 Å². The Bertz CT molecular complexity index is 699. The van der Waals surface area contributed by atoms with Crippen LogP contribution in [0.15, 0.2) is 42.7 Å². The molecule has 2 N–H and O–H groups in total. The van der Waals surface area contributed by atoms with E-state index in [4.69, 9.17) is 11.6 Å². The van der Waals surface area contributed by atoms with Crippen molar-refractivity contribution >= 4 is 23.2 Å². The van der Waals surface area contributed by atoms with E-state index in [1.165, 1.54) is 25.7 Å². The lowest BCUT2D eigenvalue weighted by atomic mass is 10.1. The predicted molar refractivity (Wildman–Crippen MR) is 97.6 cm³/mol. The molecule has 1 aliphatic rings. The largest absolute Gasteiger partial charge is 0.381 e. The molecule has 0 unspecified atom stereocenters. The van der Waals surface area contributed by atoms with Crippen LogP contribution in [0.25, 0.3) is 0 Å². The van der Waals surface area contributed by atoms with Gasteiger partial charge >= 0.3 is 0 Å². The second-order valence-electron chi connectivity index (χ2n) is 6.22. The summed E-state index contributed by atoms with van der Waals surface area (Å²) in [7, 11) is 0. The van der Waals surface area contributed by atoms with Crippen LogP contribution in [0.1, 0.15) is 41.6 Å². The number of nitrogens with one attached hydrogen (secondary N) is 2. The highest BCUT2D eigenvalue weighted by atomic mass is 35.5. The van der Waals surface area contributed by atoms with Crippen LogP contribution in [-0.2, 0) is 6.42 Å². The summed E-state index contributed by atoms with van der Waals surface area (Å²) in [6.45, 7) is 0.569. The van der Waals surface area contributed by atoms with E-state index in [0.717, 1.165) is 17.7 Å². The Labute approximate surface area is 147 Å².